The van der Waals surface area contributed by atoms with E-state index < -0.39 is 0 Å². The smallest absolute Gasteiger partial charge is 0.123 e. The number of ether oxygens (including phenoxy) is 1. The maximum atomic E-state index is 5.84. The summed E-state index contributed by atoms with van der Waals surface area (Å²) in [6.45, 7) is 5.07. The van der Waals surface area contributed by atoms with Crippen LogP contribution in [-0.4, -0.2) is 19.0 Å². The summed E-state index contributed by atoms with van der Waals surface area (Å²) in [6, 6.07) is 6.41. The van der Waals surface area contributed by atoms with Gasteiger partial charge in [0.05, 0.1) is 7.11 Å². The Bertz CT molecular complexity index is 359. The van der Waals surface area contributed by atoms with Crippen molar-refractivity contribution in [3.63, 3.8) is 0 Å². The zero-order chi connectivity index (χ0) is 12.8. The summed E-state index contributed by atoms with van der Waals surface area (Å²) in [5.74, 6) is 2.03. The van der Waals surface area contributed by atoms with Gasteiger partial charge in [-0.2, -0.15) is 0 Å². The van der Waals surface area contributed by atoms with E-state index in [2.05, 4.69) is 41.2 Å². The van der Waals surface area contributed by atoms with E-state index in [9.17, 15) is 0 Å². The second-order valence-corrected chi connectivity index (χ2v) is 5.48. The number of benzene rings is 1. The summed E-state index contributed by atoms with van der Waals surface area (Å²) in [4.78, 5) is 0. The molecule has 0 saturated heterocycles. The number of hydrogen-bond acceptors (Lipinski definition) is 2. The molecule has 96 valence electrons. The van der Waals surface area contributed by atoms with Gasteiger partial charge in [0, 0.05) is 28.5 Å². The molecule has 0 aliphatic rings. The minimum Gasteiger partial charge on any atom is -0.496 e. The topological polar surface area (TPSA) is 21.3 Å². The first-order valence-corrected chi connectivity index (χ1v) is 7.03. The van der Waals surface area contributed by atoms with Gasteiger partial charge in [0.15, 0.2) is 0 Å². The monoisotopic (exact) mass is 319 g/mol. The van der Waals surface area contributed by atoms with E-state index in [1.54, 1.807) is 7.11 Å². The standard InChI is InChI=1S/C13H19BrClNO/c1-9(7-15)10(2)16-8-11-6-12(14)4-5-13(11)17-3/h4-6,9-10,16H,7-8H2,1-3H3. The molecular formula is C13H19BrClNO. The Labute approximate surface area is 117 Å². The summed E-state index contributed by atoms with van der Waals surface area (Å²) in [6.07, 6.45) is 0. The van der Waals surface area contributed by atoms with E-state index in [-0.39, 0.29) is 0 Å². The van der Waals surface area contributed by atoms with E-state index in [4.69, 9.17) is 16.3 Å². The largest absolute Gasteiger partial charge is 0.496 e. The van der Waals surface area contributed by atoms with Crippen molar-refractivity contribution >= 4 is 27.5 Å². The molecular weight excluding hydrogens is 302 g/mol. The quantitative estimate of drug-likeness (QED) is 0.805. The van der Waals surface area contributed by atoms with Crippen LogP contribution in [0.1, 0.15) is 19.4 Å². The summed E-state index contributed by atoms with van der Waals surface area (Å²) in [5, 5.41) is 3.47. The zero-order valence-corrected chi connectivity index (χ0v) is 12.8. The van der Waals surface area contributed by atoms with E-state index in [1.165, 1.54) is 0 Å². The lowest BCUT2D eigenvalue weighted by Crippen LogP contribution is -2.32. The third kappa shape index (κ3) is 4.49. The molecule has 0 spiro atoms. The third-order valence-corrected chi connectivity index (χ3v) is 3.93. The van der Waals surface area contributed by atoms with Crippen LogP contribution in [0.5, 0.6) is 5.75 Å². The summed E-state index contributed by atoms with van der Waals surface area (Å²) < 4.78 is 6.40. The van der Waals surface area contributed by atoms with Gasteiger partial charge in [-0.3, -0.25) is 0 Å². The highest BCUT2D eigenvalue weighted by atomic mass is 79.9. The van der Waals surface area contributed by atoms with Crippen LogP contribution < -0.4 is 10.1 Å². The predicted molar refractivity (Wildman–Crippen MR) is 76.9 cm³/mol. The maximum Gasteiger partial charge on any atom is 0.123 e. The summed E-state index contributed by atoms with van der Waals surface area (Å²) in [5.41, 5.74) is 1.15. The van der Waals surface area contributed by atoms with Crippen LogP contribution in [0.15, 0.2) is 22.7 Å². The molecule has 0 aromatic heterocycles. The van der Waals surface area contributed by atoms with Crippen molar-refractivity contribution in [1.29, 1.82) is 0 Å². The van der Waals surface area contributed by atoms with Gasteiger partial charge in [-0.25, -0.2) is 0 Å². The third-order valence-electron chi connectivity index (χ3n) is 2.95. The lowest BCUT2D eigenvalue weighted by atomic mass is 10.1. The predicted octanol–water partition coefficient (Wildman–Crippen LogP) is 3.81. The van der Waals surface area contributed by atoms with Gasteiger partial charge in [0.1, 0.15) is 5.75 Å². The molecule has 2 unspecified atom stereocenters. The number of methoxy groups -OCH3 is 1. The molecule has 0 fully saturated rings. The molecule has 2 nitrogen and oxygen atoms in total. The molecule has 0 saturated carbocycles. The molecule has 2 atom stereocenters. The molecule has 1 rings (SSSR count). The molecule has 0 aliphatic heterocycles. The number of nitrogens with one attached hydrogen (secondary N) is 1. The van der Waals surface area contributed by atoms with Crippen LogP contribution in [0.4, 0.5) is 0 Å². The van der Waals surface area contributed by atoms with Gasteiger partial charge in [-0.1, -0.05) is 22.9 Å². The fraction of sp³-hybridized carbons (Fsp3) is 0.538. The second-order valence-electron chi connectivity index (χ2n) is 4.26. The highest BCUT2D eigenvalue weighted by Gasteiger charge is 2.11. The fourth-order valence-electron chi connectivity index (χ4n) is 1.49. The molecule has 0 radical (unpaired) electrons. The average Bonchev–Trinajstić information content (AvgIpc) is 2.35. The maximum absolute atomic E-state index is 5.84. The highest BCUT2D eigenvalue weighted by molar-refractivity contribution is 9.10. The van der Waals surface area contributed by atoms with Gasteiger partial charge in [0.25, 0.3) is 0 Å². The van der Waals surface area contributed by atoms with Gasteiger partial charge in [-0.05, 0) is 31.0 Å². The van der Waals surface area contributed by atoms with Crippen LogP contribution in [0, 0.1) is 5.92 Å². The first-order valence-electron chi connectivity index (χ1n) is 5.70. The van der Waals surface area contributed by atoms with Crippen molar-refractivity contribution in [2.75, 3.05) is 13.0 Å². The van der Waals surface area contributed by atoms with Crippen molar-refractivity contribution in [1.82, 2.24) is 5.32 Å². The molecule has 0 aliphatic carbocycles. The highest BCUT2D eigenvalue weighted by Crippen LogP contribution is 2.23. The Hall–Kier alpha value is -0.250. The van der Waals surface area contributed by atoms with E-state index in [1.807, 2.05) is 12.1 Å². The van der Waals surface area contributed by atoms with E-state index in [0.29, 0.717) is 17.8 Å². The minimum atomic E-state index is 0.385. The SMILES string of the molecule is COc1ccc(Br)cc1CNC(C)C(C)CCl. The molecule has 0 bridgehead atoms. The van der Waals surface area contributed by atoms with Crippen molar-refractivity contribution in [2.24, 2.45) is 5.92 Å². The van der Waals surface area contributed by atoms with Gasteiger partial charge in [0.2, 0.25) is 0 Å². The number of hydrogen-bond donors (Lipinski definition) is 1. The number of alkyl halides is 1. The molecule has 1 aromatic carbocycles. The lowest BCUT2D eigenvalue weighted by Gasteiger charge is -2.20. The molecule has 17 heavy (non-hydrogen) atoms. The Kier molecular flexibility index (Phi) is 6.31. The Balaban J connectivity index is 2.65. The lowest BCUT2D eigenvalue weighted by molar-refractivity contribution is 0.396. The summed E-state index contributed by atoms with van der Waals surface area (Å²) >= 11 is 9.31. The minimum absolute atomic E-state index is 0.385. The normalized spacial score (nSPS) is 14.4. The van der Waals surface area contributed by atoms with Crippen molar-refractivity contribution < 1.29 is 4.74 Å². The van der Waals surface area contributed by atoms with E-state index in [0.717, 1.165) is 22.3 Å². The Morgan fingerprint density at radius 2 is 2.12 bits per heavy atom. The molecule has 1 aromatic rings. The van der Waals surface area contributed by atoms with Gasteiger partial charge < -0.3 is 10.1 Å². The zero-order valence-electron chi connectivity index (χ0n) is 10.5. The van der Waals surface area contributed by atoms with Crippen molar-refractivity contribution in [3.05, 3.63) is 28.2 Å². The van der Waals surface area contributed by atoms with Crippen LogP contribution in [0.3, 0.4) is 0 Å². The molecule has 1 N–H and O–H groups in total. The van der Waals surface area contributed by atoms with Crippen LogP contribution in [0.25, 0.3) is 0 Å². The average molecular weight is 321 g/mol. The molecule has 0 heterocycles. The van der Waals surface area contributed by atoms with E-state index >= 15 is 0 Å². The van der Waals surface area contributed by atoms with Gasteiger partial charge in [-0.15, -0.1) is 11.6 Å². The molecule has 0 amide bonds. The van der Waals surface area contributed by atoms with Crippen molar-refractivity contribution in [2.45, 2.75) is 26.4 Å². The van der Waals surface area contributed by atoms with Crippen LogP contribution in [0.2, 0.25) is 0 Å². The van der Waals surface area contributed by atoms with Crippen LogP contribution >= 0.6 is 27.5 Å². The summed E-state index contributed by atoms with van der Waals surface area (Å²) in [7, 11) is 1.69. The number of halogens is 2. The fourth-order valence-corrected chi connectivity index (χ4v) is 2.17. The van der Waals surface area contributed by atoms with Crippen molar-refractivity contribution in [3.8, 4) is 5.75 Å². The second kappa shape index (κ2) is 7.24. The first kappa shape index (κ1) is 14.8. The molecule has 4 heteroatoms. The Morgan fingerprint density at radius 3 is 2.71 bits per heavy atom. The first-order chi connectivity index (χ1) is 8.08. The van der Waals surface area contributed by atoms with Crippen LogP contribution in [-0.2, 0) is 6.54 Å². The Morgan fingerprint density at radius 1 is 1.41 bits per heavy atom. The van der Waals surface area contributed by atoms with Gasteiger partial charge >= 0.3 is 0 Å². The number of rotatable bonds is 6.